The fourth-order valence-corrected chi connectivity index (χ4v) is 2.70. The summed E-state index contributed by atoms with van der Waals surface area (Å²) >= 11 is 1.49. The lowest BCUT2D eigenvalue weighted by atomic mass is 10.3. The van der Waals surface area contributed by atoms with Gasteiger partial charge in [0.1, 0.15) is 12.4 Å². The molecule has 2 rings (SSSR count). The molecule has 0 aromatic heterocycles. The number of thioether (sulfide) groups is 1. The second-order valence-electron chi connectivity index (χ2n) is 3.78. The van der Waals surface area contributed by atoms with Crippen molar-refractivity contribution in [1.29, 1.82) is 0 Å². The van der Waals surface area contributed by atoms with Crippen LogP contribution in [0.2, 0.25) is 0 Å². The Hall–Kier alpha value is -1.31. The molecule has 0 radical (unpaired) electrons. The molecule has 1 aromatic rings. The summed E-state index contributed by atoms with van der Waals surface area (Å²) in [5.74, 6) is 0.230. The predicted molar refractivity (Wildman–Crippen MR) is 66.1 cm³/mol. The molecule has 0 amide bonds. The summed E-state index contributed by atoms with van der Waals surface area (Å²) in [5, 5.41) is 10.7. The van der Waals surface area contributed by atoms with Crippen molar-refractivity contribution in [3.05, 3.63) is 28.3 Å². The van der Waals surface area contributed by atoms with Gasteiger partial charge in [0.15, 0.2) is 0 Å². The average molecular weight is 271 g/mol. The number of nitrogens with zero attached hydrogens (tertiary/aromatic N) is 1. The van der Waals surface area contributed by atoms with Crippen LogP contribution in [0.5, 0.6) is 5.75 Å². The molecule has 1 heterocycles. The standard InChI is InChI=1S/C11H13NO5S/c1-15-11(16-2)6-17-9-5-8(12(13)14)3-4-10(9)18-7-11/h3-5H,6-7H2,1-2H3. The molecule has 1 aliphatic heterocycles. The maximum atomic E-state index is 10.7. The maximum Gasteiger partial charge on any atom is 0.273 e. The number of hydrogen-bond acceptors (Lipinski definition) is 6. The number of non-ortho nitro benzene ring substituents is 1. The summed E-state index contributed by atoms with van der Waals surface area (Å²) in [6, 6.07) is 4.56. The van der Waals surface area contributed by atoms with Crippen molar-refractivity contribution in [2.24, 2.45) is 0 Å². The summed E-state index contributed by atoms with van der Waals surface area (Å²) < 4.78 is 16.2. The summed E-state index contributed by atoms with van der Waals surface area (Å²) in [7, 11) is 3.09. The highest BCUT2D eigenvalue weighted by Crippen LogP contribution is 2.38. The number of nitro benzene ring substituents is 1. The van der Waals surface area contributed by atoms with Crippen LogP contribution < -0.4 is 4.74 Å². The first-order chi connectivity index (χ1) is 8.60. The van der Waals surface area contributed by atoms with Crippen LogP contribution in [-0.4, -0.2) is 37.3 Å². The topological polar surface area (TPSA) is 70.8 Å². The number of rotatable bonds is 3. The zero-order valence-corrected chi connectivity index (χ0v) is 10.9. The Kier molecular flexibility index (Phi) is 3.74. The molecule has 1 aliphatic rings. The van der Waals surface area contributed by atoms with Crippen molar-refractivity contribution in [2.45, 2.75) is 10.7 Å². The molecule has 98 valence electrons. The summed E-state index contributed by atoms with van der Waals surface area (Å²) in [6.45, 7) is 0.196. The van der Waals surface area contributed by atoms with E-state index in [1.54, 1.807) is 20.3 Å². The van der Waals surface area contributed by atoms with Gasteiger partial charge < -0.3 is 14.2 Å². The van der Waals surface area contributed by atoms with E-state index in [1.165, 1.54) is 23.9 Å². The molecule has 6 nitrogen and oxygen atoms in total. The summed E-state index contributed by atoms with van der Waals surface area (Å²) in [6.07, 6.45) is 0. The summed E-state index contributed by atoms with van der Waals surface area (Å²) in [5.41, 5.74) is 0.0108. The molecule has 18 heavy (non-hydrogen) atoms. The number of benzene rings is 1. The Bertz CT molecular complexity index is 461. The van der Waals surface area contributed by atoms with Crippen molar-refractivity contribution in [3.8, 4) is 5.75 Å². The van der Waals surface area contributed by atoms with E-state index in [0.29, 0.717) is 11.5 Å². The van der Waals surface area contributed by atoms with E-state index < -0.39 is 10.7 Å². The van der Waals surface area contributed by atoms with Crippen LogP contribution in [0.4, 0.5) is 5.69 Å². The van der Waals surface area contributed by atoms with E-state index in [-0.39, 0.29) is 12.3 Å². The number of hydrogen-bond donors (Lipinski definition) is 0. The van der Waals surface area contributed by atoms with Crippen molar-refractivity contribution in [1.82, 2.24) is 0 Å². The first kappa shape index (κ1) is 13.1. The second kappa shape index (κ2) is 5.13. The largest absolute Gasteiger partial charge is 0.486 e. The number of methoxy groups -OCH3 is 2. The van der Waals surface area contributed by atoms with Gasteiger partial charge in [-0.1, -0.05) is 0 Å². The van der Waals surface area contributed by atoms with Gasteiger partial charge in [-0.15, -0.1) is 11.8 Å². The number of nitro groups is 1. The van der Waals surface area contributed by atoms with E-state index in [0.717, 1.165) is 4.90 Å². The van der Waals surface area contributed by atoms with E-state index >= 15 is 0 Å². The minimum absolute atomic E-state index is 0.0108. The summed E-state index contributed by atoms with van der Waals surface area (Å²) in [4.78, 5) is 11.1. The molecule has 0 aliphatic carbocycles. The van der Waals surface area contributed by atoms with Crippen molar-refractivity contribution >= 4 is 17.4 Å². The molecule has 0 fully saturated rings. The maximum absolute atomic E-state index is 10.7. The van der Waals surface area contributed by atoms with Crippen LogP contribution >= 0.6 is 11.8 Å². The minimum Gasteiger partial charge on any atom is -0.486 e. The van der Waals surface area contributed by atoms with Crippen LogP contribution in [-0.2, 0) is 9.47 Å². The van der Waals surface area contributed by atoms with E-state index in [2.05, 4.69) is 0 Å². The quantitative estimate of drug-likeness (QED) is 0.476. The molecular formula is C11H13NO5S. The van der Waals surface area contributed by atoms with Gasteiger partial charge in [-0.2, -0.15) is 0 Å². The molecule has 1 aromatic carbocycles. The van der Waals surface area contributed by atoms with Crippen molar-refractivity contribution in [3.63, 3.8) is 0 Å². The van der Waals surface area contributed by atoms with E-state index in [9.17, 15) is 10.1 Å². The molecule has 0 atom stereocenters. The fraction of sp³-hybridized carbons (Fsp3) is 0.455. The highest BCUT2D eigenvalue weighted by atomic mass is 32.2. The fourth-order valence-electron chi connectivity index (χ4n) is 1.58. The van der Waals surface area contributed by atoms with Crippen molar-refractivity contribution < 1.29 is 19.1 Å². The van der Waals surface area contributed by atoms with Crippen LogP contribution in [0, 0.1) is 10.1 Å². The molecular weight excluding hydrogens is 258 g/mol. The van der Waals surface area contributed by atoms with E-state index in [1.807, 2.05) is 0 Å². The molecule has 7 heteroatoms. The van der Waals surface area contributed by atoms with Crippen LogP contribution in [0.1, 0.15) is 0 Å². The number of ether oxygens (including phenoxy) is 3. The highest BCUT2D eigenvalue weighted by Gasteiger charge is 2.34. The third-order valence-electron chi connectivity index (χ3n) is 2.78. The van der Waals surface area contributed by atoms with E-state index in [4.69, 9.17) is 14.2 Å². The lowest BCUT2D eigenvalue weighted by Gasteiger charge is -2.27. The monoisotopic (exact) mass is 271 g/mol. The normalized spacial score (nSPS) is 17.4. The predicted octanol–water partition coefficient (Wildman–Crippen LogP) is 2.07. The lowest BCUT2D eigenvalue weighted by molar-refractivity contribution is -0.385. The SMILES string of the molecule is COC1(OC)COc2cc([N+](=O)[O-])ccc2SC1. The first-order valence-corrected chi connectivity index (χ1v) is 6.23. The third-order valence-corrected chi connectivity index (χ3v) is 4.01. The Morgan fingerprint density at radius 2 is 2.17 bits per heavy atom. The van der Waals surface area contributed by atoms with Gasteiger partial charge >= 0.3 is 0 Å². The first-order valence-electron chi connectivity index (χ1n) is 5.24. The van der Waals surface area contributed by atoms with Gasteiger partial charge in [0, 0.05) is 20.3 Å². The Morgan fingerprint density at radius 1 is 1.44 bits per heavy atom. The molecule has 0 spiro atoms. The minimum atomic E-state index is -0.821. The van der Waals surface area contributed by atoms with Gasteiger partial charge in [0.2, 0.25) is 5.79 Å². The Labute approximate surface area is 108 Å². The van der Waals surface area contributed by atoms with Gasteiger partial charge in [-0.05, 0) is 6.07 Å². The zero-order chi connectivity index (χ0) is 13.2. The third kappa shape index (κ3) is 2.43. The Morgan fingerprint density at radius 3 is 2.78 bits per heavy atom. The van der Waals surface area contributed by atoms with Crippen LogP contribution in [0.3, 0.4) is 0 Å². The molecule has 0 unspecified atom stereocenters. The Balaban J connectivity index is 2.27. The van der Waals surface area contributed by atoms with Crippen LogP contribution in [0.25, 0.3) is 0 Å². The highest BCUT2D eigenvalue weighted by molar-refractivity contribution is 7.99. The second-order valence-corrected chi connectivity index (χ2v) is 4.80. The van der Waals surface area contributed by atoms with Gasteiger partial charge in [0.05, 0.1) is 21.6 Å². The lowest BCUT2D eigenvalue weighted by Crippen LogP contribution is -2.42. The number of fused-ring (bicyclic) bond motifs is 1. The van der Waals surface area contributed by atoms with Crippen LogP contribution in [0.15, 0.2) is 23.1 Å². The van der Waals surface area contributed by atoms with Gasteiger partial charge in [-0.3, -0.25) is 10.1 Å². The zero-order valence-electron chi connectivity index (χ0n) is 10.0. The smallest absolute Gasteiger partial charge is 0.273 e. The molecule has 0 saturated heterocycles. The molecule has 0 bridgehead atoms. The molecule has 0 N–H and O–H groups in total. The van der Waals surface area contributed by atoms with Gasteiger partial charge in [-0.25, -0.2) is 0 Å². The van der Waals surface area contributed by atoms with Crippen molar-refractivity contribution in [2.75, 3.05) is 26.6 Å². The van der Waals surface area contributed by atoms with Gasteiger partial charge in [0.25, 0.3) is 5.69 Å². The average Bonchev–Trinajstić information content (AvgIpc) is 2.58. The molecule has 0 saturated carbocycles.